The second kappa shape index (κ2) is 7.72. The molecule has 5 heteroatoms. The lowest BCUT2D eigenvalue weighted by molar-refractivity contribution is -0.127. The molecule has 0 aliphatic carbocycles. The number of benzene rings is 1. The Labute approximate surface area is 135 Å². The summed E-state index contributed by atoms with van der Waals surface area (Å²) in [4.78, 5) is 15.9. The third kappa shape index (κ3) is 4.77. The molecule has 1 aromatic heterocycles. The van der Waals surface area contributed by atoms with Gasteiger partial charge in [0, 0.05) is 6.20 Å². The van der Waals surface area contributed by atoms with E-state index < -0.39 is 11.9 Å². The Kier molecular flexibility index (Phi) is 5.68. The van der Waals surface area contributed by atoms with E-state index >= 15 is 0 Å². The zero-order valence-electron chi connectivity index (χ0n) is 13.5. The number of carbonyl (C=O) groups excluding carboxylic acids is 1. The normalized spacial score (nSPS) is 12.0. The van der Waals surface area contributed by atoms with Crippen LogP contribution >= 0.6 is 0 Å². The van der Waals surface area contributed by atoms with Crippen LogP contribution in [0.3, 0.4) is 0 Å². The summed E-state index contributed by atoms with van der Waals surface area (Å²) < 4.78 is 19.0. The van der Waals surface area contributed by atoms with Gasteiger partial charge >= 0.3 is 0 Å². The Morgan fingerprint density at radius 3 is 2.52 bits per heavy atom. The molecule has 1 unspecified atom stereocenters. The summed E-state index contributed by atoms with van der Waals surface area (Å²) in [6.45, 7) is 5.91. The van der Waals surface area contributed by atoms with Crippen LogP contribution in [-0.4, -0.2) is 17.0 Å². The van der Waals surface area contributed by atoms with Crippen LogP contribution in [0.1, 0.15) is 37.9 Å². The fourth-order valence-corrected chi connectivity index (χ4v) is 2.05. The van der Waals surface area contributed by atoms with Gasteiger partial charge in [-0.15, -0.1) is 0 Å². The van der Waals surface area contributed by atoms with Gasteiger partial charge in [-0.3, -0.25) is 9.78 Å². The minimum atomic E-state index is -0.674. The quantitative estimate of drug-likeness (QED) is 0.888. The molecule has 1 heterocycles. The molecule has 122 valence electrons. The predicted molar refractivity (Wildman–Crippen MR) is 86.7 cm³/mol. The third-order valence-electron chi connectivity index (χ3n) is 3.49. The molecule has 2 rings (SSSR count). The Bertz CT molecular complexity index is 656. The van der Waals surface area contributed by atoms with E-state index in [0.717, 1.165) is 0 Å². The maximum absolute atomic E-state index is 13.4. The number of amides is 1. The molecule has 0 aliphatic heterocycles. The molecular formula is C18H21FN2O2. The molecule has 0 radical (unpaired) electrons. The molecule has 0 spiro atoms. The number of ether oxygens (including phenoxy) is 1. The molecule has 1 amide bonds. The van der Waals surface area contributed by atoms with Crippen molar-refractivity contribution < 1.29 is 13.9 Å². The van der Waals surface area contributed by atoms with Crippen LogP contribution in [0.2, 0.25) is 0 Å². The second-order valence-electron chi connectivity index (χ2n) is 5.63. The van der Waals surface area contributed by atoms with Gasteiger partial charge in [0.2, 0.25) is 0 Å². The van der Waals surface area contributed by atoms with E-state index in [-0.39, 0.29) is 18.1 Å². The van der Waals surface area contributed by atoms with Crippen LogP contribution in [0, 0.1) is 5.82 Å². The molecule has 4 nitrogen and oxygen atoms in total. The van der Waals surface area contributed by atoms with E-state index in [0.29, 0.717) is 11.7 Å². The van der Waals surface area contributed by atoms with Crippen molar-refractivity contribution in [3.8, 4) is 5.75 Å². The van der Waals surface area contributed by atoms with E-state index in [1.54, 1.807) is 6.92 Å². The van der Waals surface area contributed by atoms with Crippen molar-refractivity contribution in [1.29, 1.82) is 0 Å². The van der Waals surface area contributed by atoms with Gasteiger partial charge in [-0.25, -0.2) is 4.39 Å². The molecular weight excluding hydrogens is 295 g/mol. The average Bonchev–Trinajstić information content (AvgIpc) is 2.54. The van der Waals surface area contributed by atoms with Crippen LogP contribution in [-0.2, 0) is 11.3 Å². The molecule has 0 bridgehead atoms. The fourth-order valence-electron chi connectivity index (χ4n) is 2.05. The Balaban J connectivity index is 1.88. The fraction of sp³-hybridized carbons (Fsp3) is 0.333. The number of nitrogens with one attached hydrogen (secondary N) is 1. The van der Waals surface area contributed by atoms with E-state index in [1.807, 2.05) is 24.3 Å². The highest BCUT2D eigenvalue weighted by atomic mass is 19.1. The van der Waals surface area contributed by atoms with Gasteiger partial charge in [0.05, 0.1) is 12.2 Å². The summed E-state index contributed by atoms with van der Waals surface area (Å²) in [7, 11) is 0. The maximum atomic E-state index is 13.4. The van der Waals surface area contributed by atoms with E-state index in [4.69, 9.17) is 4.74 Å². The van der Waals surface area contributed by atoms with Gasteiger partial charge in [-0.2, -0.15) is 0 Å². The lowest BCUT2D eigenvalue weighted by Gasteiger charge is -2.15. The highest BCUT2D eigenvalue weighted by Crippen LogP contribution is 2.19. The molecule has 0 fully saturated rings. The number of halogens is 1. The Morgan fingerprint density at radius 1 is 1.22 bits per heavy atom. The molecule has 1 aromatic carbocycles. The van der Waals surface area contributed by atoms with E-state index in [9.17, 15) is 9.18 Å². The zero-order valence-corrected chi connectivity index (χ0v) is 13.5. The summed E-state index contributed by atoms with van der Waals surface area (Å²) in [5.41, 5.74) is 1.41. The van der Waals surface area contributed by atoms with Crippen molar-refractivity contribution in [2.75, 3.05) is 0 Å². The van der Waals surface area contributed by atoms with Crippen molar-refractivity contribution in [1.82, 2.24) is 10.3 Å². The summed E-state index contributed by atoms with van der Waals surface area (Å²) in [6.07, 6.45) is 0.813. The first kappa shape index (κ1) is 16.9. The molecule has 1 N–H and O–H groups in total. The number of nitrogens with zero attached hydrogens (tertiary/aromatic N) is 1. The monoisotopic (exact) mass is 316 g/mol. The van der Waals surface area contributed by atoms with Crippen LogP contribution in [0.25, 0.3) is 0 Å². The van der Waals surface area contributed by atoms with Crippen molar-refractivity contribution >= 4 is 5.91 Å². The van der Waals surface area contributed by atoms with Crippen molar-refractivity contribution in [2.24, 2.45) is 0 Å². The van der Waals surface area contributed by atoms with Crippen molar-refractivity contribution in [2.45, 2.75) is 39.3 Å². The Morgan fingerprint density at radius 2 is 1.91 bits per heavy atom. The predicted octanol–water partition coefficient (Wildman–Crippen LogP) is 3.43. The minimum absolute atomic E-state index is 0.0332. The number of hydrogen-bond donors (Lipinski definition) is 1. The van der Waals surface area contributed by atoms with Gasteiger partial charge in [-0.1, -0.05) is 26.0 Å². The number of pyridine rings is 1. The molecule has 0 saturated carbocycles. The first-order chi connectivity index (χ1) is 11.0. The maximum Gasteiger partial charge on any atom is 0.261 e. The lowest BCUT2D eigenvalue weighted by atomic mass is 10.0. The SMILES string of the molecule is CC(Oc1ccc(C(C)C)cc1)C(=O)NCc1ncccc1F. The molecule has 0 saturated heterocycles. The zero-order chi connectivity index (χ0) is 16.8. The summed E-state index contributed by atoms with van der Waals surface area (Å²) in [5.74, 6) is 0.313. The van der Waals surface area contributed by atoms with Gasteiger partial charge in [0.15, 0.2) is 6.10 Å². The van der Waals surface area contributed by atoms with E-state index in [2.05, 4.69) is 24.1 Å². The lowest BCUT2D eigenvalue weighted by Crippen LogP contribution is -2.36. The first-order valence-electron chi connectivity index (χ1n) is 7.61. The Hall–Kier alpha value is -2.43. The molecule has 23 heavy (non-hydrogen) atoms. The highest BCUT2D eigenvalue weighted by Gasteiger charge is 2.15. The van der Waals surface area contributed by atoms with Crippen LogP contribution in [0.4, 0.5) is 4.39 Å². The van der Waals surface area contributed by atoms with E-state index in [1.165, 1.54) is 23.9 Å². The topological polar surface area (TPSA) is 51.2 Å². The molecule has 0 aliphatic rings. The van der Waals surface area contributed by atoms with Gasteiger partial charge in [0.1, 0.15) is 11.6 Å². The van der Waals surface area contributed by atoms with Gasteiger partial charge in [-0.05, 0) is 42.7 Å². The number of hydrogen-bond acceptors (Lipinski definition) is 3. The highest BCUT2D eigenvalue weighted by molar-refractivity contribution is 5.80. The van der Waals surface area contributed by atoms with Crippen molar-refractivity contribution in [3.05, 3.63) is 59.7 Å². The summed E-state index contributed by atoms with van der Waals surface area (Å²) in [5, 5.41) is 2.62. The van der Waals surface area contributed by atoms with Crippen LogP contribution < -0.4 is 10.1 Å². The number of aromatic nitrogens is 1. The largest absolute Gasteiger partial charge is 0.481 e. The third-order valence-corrected chi connectivity index (χ3v) is 3.49. The van der Waals surface area contributed by atoms with Crippen LogP contribution in [0.5, 0.6) is 5.75 Å². The standard InChI is InChI=1S/C18H21FN2O2/c1-12(2)14-6-8-15(9-7-14)23-13(3)18(22)21-11-17-16(19)5-4-10-20-17/h4-10,12-13H,11H2,1-3H3,(H,21,22). The molecule has 2 aromatic rings. The van der Waals surface area contributed by atoms with Gasteiger partial charge < -0.3 is 10.1 Å². The van der Waals surface area contributed by atoms with Crippen LogP contribution in [0.15, 0.2) is 42.6 Å². The second-order valence-corrected chi connectivity index (χ2v) is 5.63. The number of rotatable bonds is 6. The minimum Gasteiger partial charge on any atom is -0.481 e. The van der Waals surface area contributed by atoms with Gasteiger partial charge in [0.25, 0.3) is 5.91 Å². The molecule has 1 atom stereocenters. The first-order valence-corrected chi connectivity index (χ1v) is 7.61. The summed E-state index contributed by atoms with van der Waals surface area (Å²) in [6, 6.07) is 10.5. The average molecular weight is 316 g/mol. The smallest absolute Gasteiger partial charge is 0.261 e. The number of carbonyl (C=O) groups is 1. The summed E-state index contributed by atoms with van der Waals surface area (Å²) >= 11 is 0. The van der Waals surface area contributed by atoms with Crippen molar-refractivity contribution in [3.63, 3.8) is 0 Å².